The third kappa shape index (κ3) is 3.52. The molecule has 0 unspecified atom stereocenters. The fourth-order valence-electron chi connectivity index (χ4n) is 1.43. The number of halogens is 1. The number of rotatable bonds is 4. The number of nitrogens with one attached hydrogen (secondary N) is 1. The van der Waals surface area contributed by atoms with Gasteiger partial charge in [-0.1, -0.05) is 0 Å². The van der Waals surface area contributed by atoms with Gasteiger partial charge in [0.25, 0.3) is 10.0 Å². The molecule has 21 heavy (non-hydrogen) atoms. The molecule has 1 N–H and O–H groups in total. The molecule has 0 fully saturated rings. The van der Waals surface area contributed by atoms with Crippen LogP contribution in [0.2, 0.25) is 0 Å². The average molecular weight is 373 g/mol. The summed E-state index contributed by atoms with van der Waals surface area (Å²) in [6.45, 7) is 1.79. The minimum absolute atomic E-state index is 0.147. The number of anilines is 1. The third-order valence-corrected chi connectivity index (χ3v) is 4.67. The predicted octanol–water partition coefficient (Wildman–Crippen LogP) is 2.26. The summed E-state index contributed by atoms with van der Waals surface area (Å²) in [7, 11) is -3.90. The molecule has 2 aromatic heterocycles. The van der Waals surface area contributed by atoms with E-state index in [-0.39, 0.29) is 10.7 Å². The highest BCUT2D eigenvalue weighted by Gasteiger charge is 2.19. The Bertz CT molecular complexity index is 792. The van der Waals surface area contributed by atoms with E-state index < -0.39 is 20.8 Å². The molecule has 10 heteroatoms. The smallest absolute Gasteiger partial charge is 0.358 e. The van der Waals surface area contributed by atoms with E-state index in [1.54, 1.807) is 13.0 Å². The van der Waals surface area contributed by atoms with Crippen LogP contribution in [0.15, 0.2) is 40.0 Å². The van der Waals surface area contributed by atoms with Crippen LogP contribution in [-0.2, 0) is 10.0 Å². The molecule has 0 aromatic carbocycles. The highest BCUT2D eigenvalue weighted by atomic mass is 79.9. The molecule has 0 atom stereocenters. The largest absolute Gasteiger partial charge is 0.363 e. The van der Waals surface area contributed by atoms with Gasteiger partial charge in [-0.2, -0.15) is 0 Å². The van der Waals surface area contributed by atoms with Gasteiger partial charge in [0.2, 0.25) is 0 Å². The van der Waals surface area contributed by atoms with E-state index in [0.717, 1.165) is 28.4 Å². The molecule has 2 rings (SSSR count). The molecular weight excluding hydrogens is 364 g/mol. The average Bonchev–Trinajstić information content (AvgIpc) is 2.43. The van der Waals surface area contributed by atoms with Crippen molar-refractivity contribution in [2.24, 2.45) is 0 Å². The Morgan fingerprint density at radius 1 is 1.29 bits per heavy atom. The van der Waals surface area contributed by atoms with Crippen molar-refractivity contribution in [2.75, 3.05) is 4.72 Å². The lowest BCUT2D eigenvalue weighted by Crippen LogP contribution is -2.14. The van der Waals surface area contributed by atoms with Gasteiger partial charge in [0.15, 0.2) is 6.20 Å². The van der Waals surface area contributed by atoms with Gasteiger partial charge in [0, 0.05) is 16.7 Å². The van der Waals surface area contributed by atoms with Crippen LogP contribution in [0, 0.1) is 17.0 Å². The first-order valence-corrected chi connectivity index (χ1v) is 7.82. The van der Waals surface area contributed by atoms with Gasteiger partial charge >= 0.3 is 5.82 Å². The Hall–Kier alpha value is -2.07. The van der Waals surface area contributed by atoms with Crippen molar-refractivity contribution >= 4 is 37.6 Å². The monoisotopic (exact) mass is 372 g/mol. The maximum absolute atomic E-state index is 12.1. The number of hydrogen-bond acceptors (Lipinski definition) is 6. The molecule has 0 spiro atoms. The molecular formula is C11H9BrN4O4S. The zero-order valence-corrected chi connectivity index (χ0v) is 13.1. The van der Waals surface area contributed by atoms with Crippen LogP contribution in [0.4, 0.5) is 11.6 Å². The lowest BCUT2D eigenvalue weighted by atomic mass is 10.3. The molecule has 2 heterocycles. The summed E-state index contributed by atoms with van der Waals surface area (Å²) in [6, 6.07) is 3.69. The normalized spacial score (nSPS) is 11.1. The summed E-state index contributed by atoms with van der Waals surface area (Å²) >= 11 is 3.26. The lowest BCUT2D eigenvalue weighted by molar-refractivity contribution is -0.389. The van der Waals surface area contributed by atoms with Gasteiger partial charge in [-0.15, -0.1) is 0 Å². The van der Waals surface area contributed by atoms with E-state index in [2.05, 4.69) is 30.6 Å². The minimum Gasteiger partial charge on any atom is -0.358 e. The van der Waals surface area contributed by atoms with Gasteiger partial charge < -0.3 is 10.1 Å². The first kappa shape index (κ1) is 15.3. The fraction of sp³-hybridized carbons (Fsp3) is 0.0909. The van der Waals surface area contributed by atoms with E-state index in [1.807, 2.05) is 0 Å². The molecule has 0 amide bonds. The second kappa shape index (κ2) is 5.74. The second-order valence-electron chi connectivity index (χ2n) is 4.03. The standard InChI is InChI=1S/C11H9BrN4O4S/c1-7-4-10(13-6-9(7)12)15-21(19,20)8-2-3-11(14-5-8)16(17)18/h2-6H,1H3,(H,13,15). The third-order valence-electron chi connectivity index (χ3n) is 2.50. The predicted molar refractivity (Wildman–Crippen MR) is 78.4 cm³/mol. The van der Waals surface area contributed by atoms with E-state index in [4.69, 9.17) is 0 Å². The zero-order valence-electron chi connectivity index (χ0n) is 10.6. The van der Waals surface area contributed by atoms with Crippen molar-refractivity contribution in [3.8, 4) is 0 Å². The van der Waals surface area contributed by atoms with Crippen molar-refractivity contribution in [3.05, 3.63) is 50.7 Å². The molecule has 110 valence electrons. The summed E-state index contributed by atoms with van der Waals surface area (Å²) < 4.78 is 27.2. The lowest BCUT2D eigenvalue weighted by Gasteiger charge is -2.07. The quantitative estimate of drug-likeness (QED) is 0.649. The highest BCUT2D eigenvalue weighted by molar-refractivity contribution is 9.10. The number of nitrogens with zero attached hydrogens (tertiary/aromatic N) is 3. The fourth-order valence-corrected chi connectivity index (χ4v) is 2.59. The van der Waals surface area contributed by atoms with Crippen LogP contribution >= 0.6 is 15.9 Å². The van der Waals surface area contributed by atoms with E-state index in [1.165, 1.54) is 6.20 Å². The van der Waals surface area contributed by atoms with Crippen LogP contribution in [0.5, 0.6) is 0 Å². The van der Waals surface area contributed by atoms with Crippen LogP contribution in [0.3, 0.4) is 0 Å². The Kier molecular flexibility index (Phi) is 4.19. The van der Waals surface area contributed by atoms with Gasteiger partial charge in [-0.25, -0.2) is 13.4 Å². The molecule has 0 aliphatic heterocycles. The Morgan fingerprint density at radius 2 is 2.00 bits per heavy atom. The van der Waals surface area contributed by atoms with Gasteiger partial charge in [0.1, 0.15) is 10.7 Å². The van der Waals surface area contributed by atoms with Crippen LogP contribution < -0.4 is 4.72 Å². The van der Waals surface area contributed by atoms with E-state index >= 15 is 0 Å². The van der Waals surface area contributed by atoms with Crippen molar-refractivity contribution in [2.45, 2.75) is 11.8 Å². The molecule has 0 saturated heterocycles. The van der Waals surface area contributed by atoms with Gasteiger partial charge in [0.05, 0.1) is 0 Å². The van der Waals surface area contributed by atoms with Crippen LogP contribution in [0.25, 0.3) is 0 Å². The number of hydrogen-bond donors (Lipinski definition) is 1. The Labute approximate surface area is 128 Å². The van der Waals surface area contributed by atoms with Crippen molar-refractivity contribution < 1.29 is 13.3 Å². The molecule has 0 bridgehead atoms. The number of pyridine rings is 2. The molecule has 0 aliphatic rings. The van der Waals surface area contributed by atoms with Crippen LogP contribution in [0.1, 0.15) is 5.56 Å². The summed E-state index contributed by atoms with van der Waals surface area (Å²) in [5.41, 5.74) is 0.810. The Balaban J connectivity index is 2.29. The second-order valence-corrected chi connectivity index (χ2v) is 6.57. The highest BCUT2D eigenvalue weighted by Crippen LogP contribution is 2.20. The topological polar surface area (TPSA) is 115 Å². The first-order chi connectivity index (χ1) is 9.79. The van der Waals surface area contributed by atoms with Gasteiger partial charge in [-0.3, -0.25) is 4.72 Å². The van der Waals surface area contributed by atoms with Crippen molar-refractivity contribution in [1.29, 1.82) is 0 Å². The summed E-state index contributed by atoms with van der Waals surface area (Å²) in [6.07, 6.45) is 2.40. The summed E-state index contributed by atoms with van der Waals surface area (Å²) in [5, 5.41) is 10.5. The minimum atomic E-state index is -3.90. The van der Waals surface area contributed by atoms with Crippen LogP contribution in [-0.4, -0.2) is 23.3 Å². The number of aromatic nitrogens is 2. The molecule has 2 aromatic rings. The number of aryl methyl sites for hydroxylation is 1. The molecule has 0 aliphatic carbocycles. The molecule has 8 nitrogen and oxygen atoms in total. The molecule has 0 saturated carbocycles. The van der Waals surface area contributed by atoms with Crippen molar-refractivity contribution in [1.82, 2.24) is 9.97 Å². The Morgan fingerprint density at radius 3 is 2.52 bits per heavy atom. The first-order valence-electron chi connectivity index (χ1n) is 5.55. The molecule has 0 radical (unpaired) electrons. The van der Waals surface area contributed by atoms with E-state index in [0.29, 0.717) is 0 Å². The number of nitro groups is 1. The van der Waals surface area contributed by atoms with Gasteiger partial charge in [-0.05, 0) is 50.5 Å². The summed E-state index contributed by atoms with van der Waals surface area (Å²) in [5.74, 6) is -0.277. The number of sulfonamides is 1. The maximum atomic E-state index is 12.1. The van der Waals surface area contributed by atoms with E-state index in [9.17, 15) is 18.5 Å². The van der Waals surface area contributed by atoms with Crippen molar-refractivity contribution in [3.63, 3.8) is 0 Å². The maximum Gasteiger partial charge on any atom is 0.363 e. The summed E-state index contributed by atoms with van der Waals surface area (Å²) in [4.78, 5) is 17.0. The SMILES string of the molecule is Cc1cc(NS(=O)(=O)c2ccc([N+](=O)[O-])nc2)ncc1Br. The zero-order chi connectivity index (χ0) is 15.6.